The smallest absolute Gasteiger partial charge is 0.123 e. The molecule has 1 aromatic carbocycles. The van der Waals surface area contributed by atoms with Crippen molar-refractivity contribution >= 4 is 0 Å². The first kappa shape index (κ1) is 13.6. The topological polar surface area (TPSA) is 39.1 Å². The van der Waals surface area contributed by atoms with Gasteiger partial charge in [0.2, 0.25) is 0 Å². The van der Waals surface area contributed by atoms with Crippen molar-refractivity contribution in [3.63, 3.8) is 0 Å². The predicted molar refractivity (Wildman–Crippen MR) is 76.3 cm³/mol. The van der Waals surface area contributed by atoms with Crippen LogP contribution in [0.2, 0.25) is 0 Å². The first-order valence-corrected chi connectivity index (χ1v) is 6.71. The van der Waals surface area contributed by atoms with E-state index in [9.17, 15) is 0 Å². The van der Waals surface area contributed by atoms with Gasteiger partial charge in [0.25, 0.3) is 0 Å². The van der Waals surface area contributed by atoms with Crippen LogP contribution in [0.3, 0.4) is 0 Å². The molecule has 4 heteroatoms. The van der Waals surface area contributed by atoms with Gasteiger partial charge in [-0.15, -0.1) is 0 Å². The monoisotopic (exact) mass is 259 g/mol. The molecular weight excluding hydrogens is 238 g/mol. The first-order chi connectivity index (χ1) is 9.31. The lowest BCUT2D eigenvalue weighted by molar-refractivity contribution is 0.286. The van der Waals surface area contributed by atoms with Gasteiger partial charge in [0.15, 0.2) is 0 Å². The van der Waals surface area contributed by atoms with E-state index >= 15 is 0 Å². The molecule has 1 N–H and O–H groups in total. The maximum atomic E-state index is 5.86. The molecule has 0 saturated carbocycles. The van der Waals surface area contributed by atoms with Crippen molar-refractivity contribution in [1.82, 2.24) is 15.1 Å². The summed E-state index contributed by atoms with van der Waals surface area (Å²) in [4.78, 5) is 0. The molecule has 102 valence electrons. The van der Waals surface area contributed by atoms with E-state index in [-0.39, 0.29) is 0 Å². The highest BCUT2D eigenvalue weighted by Crippen LogP contribution is 2.17. The standard InChI is InChI=1S/C15H21N3O/c1-3-16-12-14-6-4-5-7-15(14)19-11-10-18-13(2)8-9-17-18/h4-9,16H,3,10-12H2,1-2H3. The van der Waals surface area contributed by atoms with E-state index < -0.39 is 0 Å². The van der Waals surface area contributed by atoms with Crippen LogP contribution in [0.25, 0.3) is 0 Å². The predicted octanol–water partition coefficient (Wildman–Crippen LogP) is 2.38. The summed E-state index contributed by atoms with van der Waals surface area (Å²) >= 11 is 0. The molecule has 0 amide bonds. The molecule has 0 fully saturated rings. The summed E-state index contributed by atoms with van der Waals surface area (Å²) < 4.78 is 7.81. The van der Waals surface area contributed by atoms with E-state index in [0.29, 0.717) is 6.61 Å². The summed E-state index contributed by atoms with van der Waals surface area (Å²) in [6, 6.07) is 10.2. The van der Waals surface area contributed by atoms with E-state index in [1.165, 1.54) is 5.56 Å². The first-order valence-electron chi connectivity index (χ1n) is 6.71. The fourth-order valence-electron chi connectivity index (χ4n) is 1.93. The highest BCUT2D eigenvalue weighted by Gasteiger charge is 2.03. The average molecular weight is 259 g/mol. The third kappa shape index (κ3) is 3.83. The molecule has 4 nitrogen and oxygen atoms in total. The Morgan fingerprint density at radius 2 is 2.11 bits per heavy atom. The van der Waals surface area contributed by atoms with Crippen molar-refractivity contribution in [1.29, 1.82) is 0 Å². The Morgan fingerprint density at radius 1 is 1.26 bits per heavy atom. The number of ether oxygens (including phenoxy) is 1. The van der Waals surface area contributed by atoms with E-state index in [1.807, 2.05) is 42.1 Å². The van der Waals surface area contributed by atoms with Gasteiger partial charge in [0.05, 0.1) is 6.54 Å². The normalized spacial score (nSPS) is 10.6. The second kappa shape index (κ2) is 6.95. The van der Waals surface area contributed by atoms with E-state index in [0.717, 1.165) is 31.1 Å². The fourth-order valence-corrected chi connectivity index (χ4v) is 1.93. The SMILES string of the molecule is CCNCc1ccccc1OCCn1nccc1C. The van der Waals surface area contributed by atoms with E-state index in [4.69, 9.17) is 4.74 Å². The summed E-state index contributed by atoms with van der Waals surface area (Å²) in [6.45, 7) is 7.35. The van der Waals surface area contributed by atoms with Crippen molar-refractivity contribution in [2.75, 3.05) is 13.2 Å². The van der Waals surface area contributed by atoms with Gasteiger partial charge in [-0.3, -0.25) is 4.68 Å². The minimum absolute atomic E-state index is 0.631. The van der Waals surface area contributed by atoms with Crippen LogP contribution in [0.4, 0.5) is 0 Å². The lowest BCUT2D eigenvalue weighted by Crippen LogP contribution is -2.14. The van der Waals surface area contributed by atoms with Crippen molar-refractivity contribution in [2.45, 2.75) is 26.9 Å². The lowest BCUT2D eigenvalue weighted by atomic mass is 10.2. The molecule has 0 atom stereocenters. The molecule has 0 aliphatic rings. The molecule has 0 bridgehead atoms. The summed E-state index contributed by atoms with van der Waals surface area (Å²) in [5.41, 5.74) is 2.35. The minimum Gasteiger partial charge on any atom is -0.491 e. The van der Waals surface area contributed by atoms with Gasteiger partial charge in [-0.25, -0.2) is 0 Å². The Labute approximate surface area is 114 Å². The maximum absolute atomic E-state index is 5.86. The number of para-hydroxylation sites is 1. The minimum atomic E-state index is 0.631. The van der Waals surface area contributed by atoms with Gasteiger partial charge in [0, 0.05) is 24.0 Å². The molecule has 1 heterocycles. The van der Waals surface area contributed by atoms with Crippen LogP contribution < -0.4 is 10.1 Å². The number of hydrogen-bond acceptors (Lipinski definition) is 3. The number of aryl methyl sites for hydroxylation is 1. The van der Waals surface area contributed by atoms with Crippen molar-refractivity contribution in [2.24, 2.45) is 0 Å². The van der Waals surface area contributed by atoms with Crippen LogP contribution >= 0.6 is 0 Å². The van der Waals surface area contributed by atoms with Crippen LogP contribution in [0.1, 0.15) is 18.2 Å². The van der Waals surface area contributed by atoms with Crippen molar-refractivity contribution in [3.8, 4) is 5.75 Å². The molecule has 0 saturated heterocycles. The number of aromatic nitrogens is 2. The molecule has 0 radical (unpaired) electrons. The van der Waals surface area contributed by atoms with E-state index in [1.54, 1.807) is 0 Å². The Morgan fingerprint density at radius 3 is 2.84 bits per heavy atom. The van der Waals surface area contributed by atoms with Crippen LogP contribution in [-0.2, 0) is 13.1 Å². The van der Waals surface area contributed by atoms with Crippen molar-refractivity contribution in [3.05, 3.63) is 47.8 Å². The fraction of sp³-hybridized carbons (Fsp3) is 0.400. The lowest BCUT2D eigenvalue weighted by Gasteiger charge is -2.12. The van der Waals surface area contributed by atoms with Gasteiger partial charge >= 0.3 is 0 Å². The Kier molecular flexibility index (Phi) is 4.98. The molecule has 0 spiro atoms. The summed E-state index contributed by atoms with van der Waals surface area (Å²) in [6.07, 6.45) is 1.81. The van der Waals surface area contributed by atoms with Crippen molar-refractivity contribution < 1.29 is 4.74 Å². The Bertz CT molecular complexity index is 508. The quantitative estimate of drug-likeness (QED) is 0.829. The number of nitrogens with one attached hydrogen (secondary N) is 1. The van der Waals surface area contributed by atoms with Gasteiger partial charge in [-0.1, -0.05) is 25.1 Å². The highest BCUT2D eigenvalue weighted by atomic mass is 16.5. The zero-order valence-corrected chi connectivity index (χ0v) is 11.6. The second-order valence-electron chi connectivity index (χ2n) is 4.43. The third-order valence-corrected chi connectivity index (χ3v) is 3.03. The van der Waals surface area contributed by atoms with Crippen LogP contribution in [0, 0.1) is 6.92 Å². The maximum Gasteiger partial charge on any atom is 0.123 e. The Hall–Kier alpha value is -1.81. The molecule has 2 aromatic rings. The van der Waals surface area contributed by atoms with Gasteiger partial charge in [0.1, 0.15) is 12.4 Å². The number of nitrogens with zero attached hydrogens (tertiary/aromatic N) is 2. The zero-order chi connectivity index (χ0) is 13.5. The van der Waals surface area contributed by atoms with Crippen LogP contribution in [-0.4, -0.2) is 22.9 Å². The molecule has 19 heavy (non-hydrogen) atoms. The third-order valence-electron chi connectivity index (χ3n) is 3.03. The highest BCUT2D eigenvalue weighted by molar-refractivity contribution is 5.33. The molecule has 0 unspecified atom stereocenters. The molecule has 0 aliphatic heterocycles. The van der Waals surface area contributed by atoms with Gasteiger partial charge < -0.3 is 10.1 Å². The summed E-state index contributed by atoms with van der Waals surface area (Å²) in [5.74, 6) is 0.952. The molecular formula is C15H21N3O. The molecule has 0 aliphatic carbocycles. The number of hydrogen-bond donors (Lipinski definition) is 1. The largest absolute Gasteiger partial charge is 0.491 e. The zero-order valence-electron chi connectivity index (χ0n) is 11.6. The molecule has 2 rings (SSSR count). The van der Waals surface area contributed by atoms with Crippen LogP contribution in [0.15, 0.2) is 36.5 Å². The van der Waals surface area contributed by atoms with Gasteiger partial charge in [-0.05, 0) is 25.6 Å². The number of benzene rings is 1. The van der Waals surface area contributed by atoms with Gasteiger partial charge in [-0.2, -0.15) is 5.10 Å². The van der Waals surface area contributed by atoms with E-state index in [2.05, 4.69) is 23.4 Å². The summed E-state index contributed by atoms with van der Waals surface area (Å²) in [7, 11) is 0. The second-order valence-corrected chi connectivity index (χ2v) is 4.43. The molecule has 1 aromatic heterocycles. The Balaban J connectivity index is 1.90. The average Bonchev–Trinajstić information content (AvgIpc) is 2.83. The van der Waals surface area contributed by atoms with Crippen LogP contribution in [0.5, 0.6) is 5.75 Å². The summed E-state index contributed by atoms with van der Waals surface area (Å²) in [5, 5.41) is 7.56. The number of rotatable bonds is 7.